The normalized spacial score (nSPS) is 34.8. The molecule has 0 spiro atoms. The maximum Gasteiger partial charge on any atom is 0.00107 e. The van der Waals surface area contributed by atoms with Crippen LogP contribution in [0.3, 0.4) is 0 Å². The van der Waals surface area contributed by atoms with E-state index in [4.69, 9.17) is 0 Å². The van der Waals surface area contributed by atoms with E-state index in [0.29, 0.717) is 10.8 Å². The first-order chi connectivity index (χ1) is 4.46. The van der Waals surface area contributed by atoms with Crippen molar-refractivity contribution in [1.29, 1.82) is 0 Å². The predicted molar refractivity (Wildman–Crippen MR) is 45.0 cm³/mol. The first kappa shape index (κ1) is 8.06. The molecule has 1 N–H and O–H groups in total. The summed E-state index contributed by atoms with van der Waals surface area (Å²) in [6.45, 7) is 11.8. The van der Waals surface area contributed by atoms with Crippen molar-refractivity contribution in [1.82, 2.24) is 5.32 Å². The van der Waals surface area contributed by atoms with Crippen LogP contribution < -0.4 is 5.32 Å². The van der Waals surface area contributed by atoms with Gasteiger partial charge in [-0.15, -0.1) is 0 Å². The van der Waals surface area contributed by atoms with Gasteiger partial charge in [0.15, 0.2) is 0 Å². The maximum absolute atomic E-state index is 3.42. The van der Waals surface area contributed by atoms with E-state index in [1.165, 1.54) is 19.5 Å². The highest BCUT2D eigenvalue weighted by Crippen LogP contribution is 2.42. The molecule has 0 bridgehead atoms. The minimum Gasteiger partial charge on any atom is -0.316 e. The zero-order valence-corrected chi connectivity index (χ0v) is 7.62. The van der Waals surface area contributed by atoms with Crippen LogP contribution in [0, 0.1) is 10.8 Å². The van der Waals surface area contributed by atoms with Crippen LogP contribution in [-0.2, 0) is 0 Å². The Bertz CT molecular complexity index is 115. The van der Waals surface area contributed by atoms with Gasteiger partial charge in [-0.2, -0.15) is 0 Å². The second-order valence-electron chi connectivity index (χ2n) is 4.74. The number of rotatable bonds is 0. The largest absolute Gasteiger partial charge is 0.316 e. The lowest BCUT2D eigenvalue weighted by atomic mass is 9.67. The Labute approximate surface area is 64.2 Å². The fourth-order valence-corrected chi connectivity index (χ4v) is 1.46. The van der Waals surface area contributed by atoms with Crippen molar-refractivity contribution in [3.63, 3.8) is 0 Å². The van der Waals surface area contributed by atoms with Gasteiger partial charge in [-0.05, 0) is 23.8 Å². The molecule has 10 heavy (non-hydrogen) atoms. The van der Waals surface area contributed by atoms with E-state index >= 15 is 0 Å². The predicted octanol–water partition coefficient (Wildman–Crippen LogP) is 2.03. The highest BCUT2D eigenvalue weighted by molar-refractivity contribution is 4.92. The maximum atomic E-state index is 3.42. The zero-order valence-electron chi connectivity index (χ0n) is 7.62. The Kier molecular flexibility index (Phi) is 1.80. The summed E-state index contributed by atoms with van der Waals surface area (Å²) in [5.74, 6) is 0. The average molecular weight is 141 g/mol. The monoisotopic (exact) mass is 141 g/mol. The van der Waals surface area contributed by atoms with E-state index in [2.05, 4.69) is 33.0 Å². The summed E-state index contributed by atoms with van der Waals surface area (Å²) >= 11 is 0. The molecule has 1 heteroatoms. The van der Waals surface area contributed by atoms with Gasteiger partial charge in [0.1, 0.15) is 0 Å². The highest BCUT2D eigenvalue weighted by atomic mass is 14.9. The van der Waals surface area contributed by atoms with Crippen molar-refractivity contribution in [2.45, 2.75) is 34.1 Å². The molecule has 0 radical (unpaired) electrons. The summed E-state index contributed by atoms with van der Waals surface area (Å²) in [4.78, 5) is 0. The van der Waals surface area contributed by atoms with Crippen molar-refractivity contribution < 1.29 is 0 Å². The molecule has 0 aromatic rings. The van der Waals surface area contributed by atoms with Gasteiger partial charge in [0.05, 0.1) is 0 Å². The van der Waals surface area contributed by atoms with Gasteiger partial charge in [0, 0.05) is 6.54 Å². The Balaban J connectivity index is 2.67. The summed E-state index contributed by atoms with van der Waals surface area (Å²) in [6.07, 6.45) is 1.33. The fourth-order valence-electron chi connectivity index (χ4n) is 1.46. The van der Waals surface area contributed by atoms with Gasteiger partial charge in [-0.3, -0.25) is 0 Å². The molecule has 0 aliphatic carbocycles. The quantitative estimate of drug-likeness (QED) is 0.544. The van der Waals surface area contributed by atoms with Gasteiger partial charge in [-0.1, -0.05) is 27.7 Å². The standard InChI is InChI=1S/C9H19N/c1-8(2,3)9(4)5-6-10-7-9/h10H,5-7H2,1-4H3. The van der Waals surface area contributed by atoms with Crippen LogP contribution in [0.2, 0.25) is 0 Å². The molecular weight excluding hydrogens is 122 g/mol. The summed E-state index contributed by atoms with van der Waals surface area (Å²) in [6, 6.07) is 0. The van der Waals surface area contributed by atoms with Gasteiger partial charge in [0.25, 0.3) is 0 Å². The molecule has 1 rings (SSSR count). The van der Waals surface area contributed by atoms with Crippen molar-refractivity contribution >= 4 is 0 Å². The molecule has 0 aromatic carbocycles. The zero-order chi connectivity index (χ0) is 7.83. The Morgan fingerprint density at radius 1 is 1.30 bits per heavy atom. The minimum atomic E-state index is 0.455. The van der Waals surface area contributed by atoms with Gasteiger partial charge < -0.3 is 5.32 Å². The molecule has 1 saturated heterocycles. The number of nitrogens with one attached hydrogen (secondary N) is 1. The third-order valence-electron chi connectivity index (χ3n) is 3.18. The lowest BCUT2D eigenvalue weighted by molar-refractivity contribution is 0.133. The molecule has 1 aliphatic rings. The van der Waals surface area contributed by atoms with Crippen LogP contribution >= 0.6 is 0 Å². The first-order valence-corrected chi connectivity index (χ1v) is 4.16. The molecule has 1 atom stereocenters. The van der Waals surface area contributed by atoms with E-state index in [-0.39, 0.29) is 0 Å². The second kappa shape index (κ2) is 2.23. The van der Waals surface area contributed by atoms with Gasteiger partial charge >= 0.3 is 0 Å². The summed E-state index contributed by atoms with van der Waals surface area (Å²) < 4.78 is 0. The molecule has 60 valence electrons. The third kappa shape index (κ3) is 1.20. The number of hydrogen-bond donors (Lipinski definition) is 1. The van der Waals surface area contributed by atoms with Crippen LogP contribution in [0.25, 0.3) is 0 Å². The second-order valence-corrected chi connectivity index (χ2v) is 4.74. The van der Waals surface area contributed by atoms with E-state index < -0.39 is 0 Å². The first-order valence-electron chi connectivity index (χ1n) is 4.16. The van der Waals surface area contributed by atoms with Crippen molar-refractivity contribution in [2.24, 2.45) is 10.8 Å². The van der Waals surface area contributed by atoms with Crippen molar-refractivity contribution in [3.8, 4) is 0 Å². The highest BCUT2D eigenvalue weighted by Gasteiger charge is 2.39. The molecule has 0 amide bonds. The van der Waals surface area contributed by atoms with Crippen LogP contribution in [0.5, 0.6) is 0 Å². The molecular formula is C9H19N. The molecule has 1 fully saturated rings. The fraction of sp³-hybridized carbons (Fsp3) is 1.00. The van der Waals surface area contributed by atoms with E-state index in [0.717, 1.165) is 0 Å². The third-order valence-corrected chi connectivity index (χ3v) is 3.18. The Morgan fingerprint density at radius 2 is 1.90 bits per heavy atom. The van der Waals surface area contributed by atoms with Crippen molar-refractivity contribution in [3.05, 3.63) is 0 Å². The van der Waals surface area contributed by atoms with E-state index in [1.807, 2.05) is 0 Å². The topological polar surface area (TPSA) is 12.0 Å². The Morgan fingerprint density at radius 3 is 2.10 bits per heavy atom. The van der Waals surface area contributed by atoms with E-state index in [1.54, 1.807) is 0 Å². The van der Waals surface area contributed by atoms with Crippen LogP contribution in [0.1, 0.15) is 34.1 Å². The molecule has 1 heterocycles. The lowest BCUT2D eigenvalue weighted by Crippen LogP contribution is -2.34. The van der Waals surface area contributed by atoms with Crippen LogP contribution in [0.15, 0.2) is 0 Å². The summed E-state index contributed by atoms with van der Waals surface area (Å²) in [5.41, 5.74) is 0.976. The van der Waals surface area contributed by atoms with Gasteiger partial charge in [0.2, 0.25) is 0 Å². The molecule has 0 aromatic heterocycles. The molecule has 1 aliphatic heterocycles. The smallest absolute Gasteiger partial charge is 0.00107 e. The average Bonchev–Trinajstić information content (AvgIpc) is 2.13. The minimum absolute atomic E-state index is 0.455. The van der Waals surface area contributed by atoms with E-state index in [9.17, 15) is 0 Å². The summed E-state index contributed by atoms with van der Waals surface area (Å²) in [7, 11) is 0. The molecule has 0 saturated carbocycles. The molecule has 1 nitrogen and oxygen atoms in total. The van der Waals surface area contributed by atoms with Crippen molar-refractivity contribution in [2.75, 3.05) is 13.1 Å². The molecule has 1 unspecified atom stereocenters. The van der Waals surface area contributed by atoms with Crippen LogP contribution in [-0.4, -0.2) is 13.1 Å². The lowest BCUT2D eigenvalue weighted by Gasteiger charge is -2.37. The Hall–Kier alpha value is -0.0400. The summed E-state index contributed by atoms with van der Waals surface area (Å²) in [5, 5.41) is 3.42. The SMILES string of the molecule is CC(C)(C)C1(C)CCNC1. The van der Waals surface area contributed by atoms with Gasteiger partial charge in [-0.25, -0.2) is 0 Å². The number of hydrogen-bond acceptors (Lipinski definition) is 1. The van der Waals surface area contributed by atoms with Crippen LogP contribution in [0.4, 0.5) is 0 Å².